The van der Waals surface area contributed by atoms with Crippen LogP contribution in [0.15, 0.2) is 36.4 Å². The second kappa shape index (κ2) is 6.80. The summed E-state index contributed by atoms with van der Waals surface area (Å²) in [5.41, 5.74) is 1.04. The fourth-order valence-corrected chi connectivity index (χ4v) is 3.61. The first-order chi connectivity index (χ1) is 10.3. The summed E-state index contributed by atoms with van der Waals surface area (Å²) < 4.78 is 0. The van der Waals surface area contributed by atoms with Crippen molar-refractivity contribution in [2.75, 3.05) is 30.0 Å². The number of hydrogen-bond donors (Lipinski definition) is 2. The predicted molar refractivity (Wildman–Crippen MR) is 91.0 cm³/mol. The molecule has 1 unspecified atom stereocenters. The van der Waals surface area contributed by atoms with Crippen molar-refractivity contribution in [3.8, 4) is 11.4 Å². The first kappa shape index (κ1) is 14.2. The van der Waals surface area contributed by atoms with E-state index in [1.807, 2.05) is 43.4 Å². The Hall–Kier alpha value is -1.75. The van der Waals surface area contributed by atoms with Crippen molar-refractivity contribution < 1.29 is 0 Å². The monoisotopic (exact) mass is 300 g/mol. The van der Waals surface area contributed by atoms with Crippen molar-refractivity contribution in [2.45, 2.75) is 18.1 Å². The van der Waals surface area contributed by atoms with E-state index in [0.29, 0.717) is 5.25 Å². The molecular formula is C16H20N4S. The number of rotatable bonds is 5. The van der Waals surface area contributed by atoms with Crippen LogP contribution in [0.1, 0.15) is 12.8 Å². The van der Waals surface area contributed by atoms with Crippen LogP contribution >= 0.6 is 11.8 Å². The minimum Gasteiger partial charge on any atom is -0.373 e. The Balaban J connectivity index is 1.79. The quantitative estimate of drug-likeness (QED) is 0.885. The molecule has 1 aliphatic rings. The van der Waals surface area contributed by atoms with Gasteiger partial charge in [0.05, 0.1) is 0 Å². The van der Waals surface area contributed by atoms with Crippen molar-refractivity contribution in [2.24, 2.45) is 0 Å². The zero-order valence-electron chi connectivity index (χ0n) is 12.2. The molecule has 5 heteroatoms. The van der Waals surface area contributed by atoms with Gasteiger partial charge in [-0.1, -0.05) is 30.3 Å². The van der Waals surface area contributed by atoms with Crippen LogP contribution in [-0.2, 0) is 0 Å². The van der Waals surface area contributed by atoms with Gasteiger partial charge in [-0.2, -0.15) is 11.8 Å². The smallest absolute Gasteiger partial charge is 0.163 e. The number of hydrogen-bond acceptors (Lipinski definition) is 5. The lowest BCUT2D eigenvalue weighted by molar-refractivity contribution is 0.803. The molecule has 0 saturated carbocycles. The average Bonchev–Trinajstić information content (AvgIpc) is 3.07. The van der Waals surface area contributed by atoms with Gasteiger partial charge in [0.15, 0.2) is 5.82 Å². The molecule has 2 N–H and O–H groups in total. The van der Waals surface area contributed by atoms with E-state index < -0.39 is 0 Å². The number of anilines is 2. The third-order valence-corrected chi connectivity index (χ3v) is 4.95. The summed E-state index contributed by atoms with van der Waals surface area (Å²) >= 11 is 2.05. The summed E-state index contributed by atoms with van der Waals surface area (Å²) in [4.78, 5) is 9.18. The van der Waals surface area contributed by atoms with Crippen LogP contribution in [0.4, 0.5) is 11.6 Å². The molecular weight excluding hydrogens is 280 g/mol. The third kappa shape index (κ3) is 3.67. The maximum absolute atomic E-state index is 4.64. The van der Waals surface area contributed by atoms with Gasteiger partial charge in [-0.25, -0.2) is 9.97 Å². The maximum atomic E-state index is 4.64. The maximum Gasteiger partial charge on any atom is 0.163 e. The second-order valence-electron chi connectivity index (χ2n) is 5.09. The molecule has 110 valence electrons. The highest BCUT2D eigenvalue weighted by Crippen LogP contribution is 2.26. The Kier molecular flexibility index (Phi) is 4.60. The molecule has 21 heavy (non-hydrogen) atoms. The molecule has 4 nitrogen and oxygen atoms in total. The van der Waals surface area contributed by atoms with Crippen LogP contribution in [0, 0.1) is 0 Å². The normalized spacial score (nSPS) is 17.7. The van der Waals surface area contributed by atoms with Crippen molar-refractivity contribution in [1.29, 1.82) is 0 Å². The van der Waals surface area contributed by atoms with E-state index >= 15 is 0 Å². The highest BCUT2D eigenvalue weighted by atomic mass is 32.2. The van der Waals surface area contributed by atoms with Crippen LogP contribution in [0.2, 0.25) is 0 Å². The summed E-state index contributed by atoms with van der Waals surface area (Å²) in [6.45, 7) is 0.971. The molecule has 1 aliphatic heterocycles. The first-order valence-electron chi connectivity index (χ1n) is 7.33. The predicted octanol–water partition coefficient (Wildman–Crippen LogP) is 3.49. The van der Waals surface area contributed by atoms with Crippen molar-refractivity contribution >= 4 is 23.4 Å². The van der Waals surface area contributed by atoms with Gasteiger partial charge in [0.25, 0.3) is 0 Å². The molecule has 1 aromatic carbocycles. The van der Waals surface area contributed by atoms with E-state index in [1.54, 1.807) is 0 Å². The minimum atomic E-state index is 0.707. The van der Waals surface area contributed by atoms with Crippen molar-refractivity contribution in [3.63, 3.8) is 0 Å². The van der Waals surface area contributed by atoms with E-state index in [4.69, 9.17) is 0 Å². The van der Waals surface area contributed by atoms with Crippen LogP contribution in [0.25, 0.3) is 11.4 Å². The fourth-order valence-electron chi connectivity index (χ4n) is 2.41. The summed E-state index contributed by atoms with van der Waals surface area (Å²) in [5, 5.41) is 7.28. The van der Waals surface area contributed by atoms with Crippen LogP contribution in [-0.4, -0.2) is 34.6 Å². The Bertz CT molecular complexity index is 582. The second-order valence-corrected chi connectivity index (χ2v) is 6.50. The summed E-state index contributed by atoms with van der Waals surface area (Å²) in [7, 11) is 1.88. The molecule has 1 fully saturated rings. The molecule has 2 aromatic rings. The molecule has 0 bridgehead atoms. The van der Waals surface area contributed by atoms with Gasteiger partial charge in [0.2, 0.25) is 0 Å². The van der Waals surface area contributed by atoms with E-state index in [9.17, 15) is 0 Å². The number of aromatic nitrogens is 2. The molecule has 1 atom stereocenters. The lowest BCUT2D eigenvalue weighted by Gasteiger charge is -2.13. The number of thioether (sulfide) groups is 1. The van der Waals surface area contributed by atoms with E-state index in [1.165, 1.54) is 18.6 Å². The zero-order chi connectivity index (χ0) is 14.5. The number of nitrogens with one attached hydrogen (secondary N) is 2. The average molecular weight is 300 g/mol. The topological polar surface area (TPSA) is 49.8 Å². The third-order valence-electron chi connectivity index (χ3n) is 3.55. The summed E-state index contributed by atoms with van der Waals surface area (Å²) in [6, 6.07) is 12.0. The SMILES string of the molecule is CNc1cc(NCC2CCCS2)nc(-c2ccccc2)n1. The molecule has 0 amide bonds. The molecule has 1 saturated heterocycles. The lowest BCUT2D eigenvalue weighted by Crippen LogP contribution is -2.15. The number of benzene rings is 1. The van der Waals surface area contributed by atoms with Crippen molar-refractivity contribution in [3.05, 3.63) is 36.4 Å². The number of nitrogens with zero attached hydrogens (tertiary/aromatic N) is 2. The van der Waals surface area contributed by atoms with E-state index in [2.05, 4.69) is 32.4 Å². The van der Waals surface area contributed by atoms with E-state index in [-0.39, 0.29) is 0 Å². The minimum absolute atomic E-state index is 0.707. The largest absolute Gasteiger partial charge is 0.373 e. The van der Waals surface area contributed by atoms with Crippen LogP contribution in [0.5, 0.6) is 0 Å². The summed E-state index contributed by atoms with van der Waals surface area (Å²) in [6.07, 6.45) is 2.63. The standard InChI is InChI=1S/C16H20N4S/c1-17-14-10-15(18-11-13-8-5-9-21-13)20-16(19-14)12-6-3-2-4-7-12/h2-4,6-7,10,13H,5,8-9,11H2,1H3,(H2,17,18,19,20). The zero-order valence-corrected chi connectivity index (χ0v) is 13.0. The molecule has 3 rings (SSSR count). The van der Waals surface area contributed by atoms with Gasteiger partial charge in [-0.3, -0.25) is 0 Å². The van der Waals surface area contributed by atoms with Gasteiger partial charge in [0.1, 0.15) is 11.6 Å². The fraction of sp³-hybridized carbons (Fsp3) is 0.375. The van der Waals surface area contributed by atoms with Gasteiger partial charge in [-0.05, 0) is 18.6 Å². The van der Waals surface area contributed by atoms with E-state index in [0.717, 1.165) is 29.6 Å². The summed E-state index contributed by atoms with van der Waals surface area (Å²) in [5.74, 6) is 3.77. The van der Waals surface area contributed by atoms with Crippen LogP contribution < -0.4 is 10.6 Å². The van der Waals surface area contributed by atoms with Gasteiger partial charge < -0.3 is 10.6 Å². The molecule has 2 heterocycles. The Morgan fingerprint density at radius 3 is 2.71 bits per heavy atom. The molecule has 0 spiro atoms. The van der Waals surface area contributed by atoms with Gasteiger partial charge >= 0.3 is 0 Å². The highest BCUT2D eigenvalue weighted by molar-refractivity contribution is 8.00. The molecule has 1 aromatic heterocycles. The molecule has 0 radical (unpaired) electrons. The molecule has 0 aliphatic carbocycles. The van der Waals surface area contributed by atoms with Crippen LogP contribution in [0.3, 0.4) is 0 Å². The Morgan fingerprint density at radius 1 is 1.19 bits per heavy atom. The Morgan fingerprint density at radius 2 is 2.00 bits per heavy atom. The lowest BCUT2D eigenvalue weighted by atomic mass is 10.2. The highest BCUT2D eigenvalue weighted by Gasteiger charge is 2.15. The van der Waals surface area contributed by atoms with Gasteiger partial charge in [-0.15, -0.1) is 0 Å². The van der Waals surface area contributed by atoms with Gasteiger partial charge in [0, 0.05) is 30.5 Å². The Labute approximate surface area is 129 Å². The first-order valence-corrected chi connectivity index (χ1v) is 8.38. The van der Waals surface area contributed by atoms with Crippen molar-refractivity contribution in [1.82, 2.24) is 9.97 Å².